The second-order valence-corrected chi connectivity index (χ2v) is 6.68. The molecule has 0 aliphatic carbocycles. The van der Waals surface area contributed by atoms with Crippen molar-refractivity contribution in [3.63, 3.8) is 0 Å². The van der Waals surface area contributed by atoms with E-state index in [1.807, 2.05) is 0 Å². The van der Waals surface area contributed by atoms with Gasteiger partial charge in [-0.05, 0) is 36.4 Å². The Morgan fingerprint density at radius 2 is 2.08 bits per heavy atom. The molecule has 0 unspecified atom stereocenters. The van der Waals surface area contributed by atoms with Crippen LogP contribution in [-0.4, -0.2) is 10.5 Å². The first-order valence-corrected chi connectivity index (χ1v) is 8.33. The van der Waals surface area contributed by atoms with E-state index in [9.17, 15) is 9.18 Å². The third-order valence-electron chi connectivity index (χ3n) is 3.25. The lowest BCUT2D eigenvalue weighted by Crippen LogP contribution is -2.16. The second-order valence-electron chi connectivity index (χ2n) is 4.83. The molecule has 0 fully saturated rings. The van der Waals surface area contributed by atoms with Crippen LogP contribution in [0.4, 0.5) is 4.39 Å². The van der Waals surface area contributed by atoms with E-state index >= 15 is 0 Å². The van der Waals surface area contributed by atoms with Crippen molar-refractivity contribution in [1.82, 2.24) is 4.57 Å². The Balaban J connectivity index is 2.17. The Hall–Kier alpha value is -2.13. The Labute approximate surface area is 151 Å². The van der Waals surface area contributed by atoms with Gasteiger partial charge < -0.3 is 4.57 Å². The normalized spacial score (nSPS) is 11.7. The summed E-state index contributed by atoms with van der Waals surface area (Å²) >= 11 is 13.1. The summed E-state index contributed by atoms with van der Waals surface area (Å²) in [7, 11) is 0. The summed E-state index contributed by atoms with van der Waals surface area (Å²) in [4.78, 5) is 16.9. The van der Waals surface area contributed by atoms with Gasteiger partial charge in [-0.15, -0.1) is 6.42 Å². The number of hydrogen-bond acceptors (Lipinski definition) is 2. The Bertz CT molecular complexity index is 1060. The zero-order valence-electron chi connectivity index (χ0n) is 12.1. The van der Waals surface area contributed by atoms with E-state index in [1.54, 1.807) is 16.7 Å². The summed E-state index contributed by atoms with van der Waals surface area (Å²) in [5, 5.41) is 0.642. The van der Waals surface area contributed by atoms with Crippen LogP contribution in [0.15, 0.2) is 41.4 Å². The molecule has 0 aliphatic rings. The van der Waals surface area contributed by atoms with Crippen molar-refractivity contribution < 1.29 is 9.18 Å². The standard InChI is InChI=1S/C17H9Cl2FN2OS/c1-2-7-22-14-6-4-11(20)9-15(14)24-17(22)21-16(23)12-5-3-10(18)8-13(12)19/h1,3-6,8-9H,7H2. The molecule has 0 aliphatic heterocycles. The van der Waals surface area contributed by atoms with Gasteiger partial charge in [-0.25, -0.2) is 4.39 Å². The molecule has 0 spiro atoms. The fraction of sp³-hybridized carbons (Fsp3) is 0.0588. The maximum absolute atomic E-state index is 13.4. The molecule has 0 saturated carbocycles. The number of fused-ring (bicyclic) bond motifs is 1. The number of halogens is 3. The van der Waals surface area contributed by atoms with Crippen LogP contribution in [0.1, 0.15) is 10.4 Å². The molecule has 0 bridgehead atoms. The quantitative estimate of drug-likeness (QED) is 0.603. The number of hydrogen-bond donors (Lipinski definition) is 0. The lowest BCUT2D eigenvalue weighted by atomic mass is 10.2. The fourth-order valence-corrected chi connectivity index (χ4v) is 3.73. The van der Waals surface area contributed by atoms with Crippen molar-refractivity contribution in [2.24, 2.45) is 4.99 Å². The van der Waals surface area contributed by atoms with Crippen LogP contribution in [0.5, 0.6) is 0 Å². The molecular weight excluding hydrogens is 370 g/mol. The summed E-state index contributed by atoms with van der Waals surface area (Å²) in [6.07, 6.45) is 5.39. The van der Waals surface area contributed by atoms with Gasteiger partial charge in [0.05, 0.1) is 27.3 Å². The summed E-state index contributed by atoms with van der Waals surface area (Å²) in [5.41, 5.74) is 0.949. The summed E-state index contributed by atoms with van der Waals surface area (Å²) in [6.45, 7) is 0.214. The third-order valence-corrected chi connectivity index (χ3v) is 4.84. The van der Waals surface area contributed by atoms with Crippen LogP contribution < -0.4 is 4.80 Å². The van der Waals surface area contributed by atoms with Gasteiger partial charge in [0.15, 0.2) is 4.80 Å². The first-order valence-electron chi connectivity index (χ1n) is 6.76. The minimum atomic E-state index is -0.519. The highest BCUT2D eigenvalue weighted by atomic mass is 35.5. The molecule has 1 amide bonds. The molecule has 24 heavy (non-hydrogen) atoms. The van der Waals surface area contributed by atoms with Crippen molar-refractivity contribution in [3.05, 3.63) is 62.6 Å². The van der Waals surface area contributed by atoms with Gasteiger partial charge >= 0.3 is 0 Å². The number of thiazole rings is 1. The number of carbonyl (C=O) groups is 1. The molecule has 0 atom stereocenters. The van der Waals surface area contributed by atoms with Crippen molar-refractivity contribution >= 4 is 50.7 Å². The SMILES string of the molecule is C#CCn1c(=NC(=O)c2ccc(Cl)cc2Cl)sc2cc(F)ccc21. The highest BCUT2D eigenvalue weighted by Gasteiger charge is 2.12. The number of amides is 1. The number of nitrogens with zero attached hydrogens (tertiary/aromatic N) is 2. The summed E-state index contributed by atoms with van der Waals surface area (Å²) < 4.78 is 15.7. The van der Waals surface area contributed by atoms with Gasteiger partial charge in [-0.3, -0.25) is 4.79 Å². The molecule has 7 heteroatoms. The molecule has 120 valence electrons. The van der Waals surface area contributed by atoms with E-state index in [4.69, 9.17) is 29.6 Å². The van der Waals surface area contributed by atoms with Crippen LogP contribution in [0, 0.1) is 18.2 Å². The van der Waals surface area contributed by atoms with Gasteiger partial charge in [0.1, 0.15) is 5.82 Å². The van der Waals surface area contributed by atoms with E-state index in [0.717, 1.165) is 0 Å². The van der Waals surface area contributed by atoms with Gasteiger partial charge in [0, 0.05) is 5.02 Å². The minimum Gasteiger partial charge on any atom is -0.305 e. The number of carbonyl (C=O) groups excluding carboxylic acids is 1. The minimum absolute atomic E-state index is 0.214. The topological polar surface area (TPSA) is 34.4 Å². The number of rotatable bonds is 2. The Kier molecular flexibility index (Phi) is 4.72. The molecule has 3 nitrogen and oxygen atoms in total. The van der Waals surface area contributed by atoms with E-state index in [1.165, 1.54) is 35.6 Å². The van der Waals surface area contributed by atoms with Gasteiger partial charge in [0.25, 0.3) is 5.91 Å². The first kappa shape index (κ1) is 16.7. The number of terminal acetylenes is 1. The average molecular weight is 379 g/mol. The lowest BCUT2D eigenvalue weighted by Gasteiger charge is -2.01. The predicted octanol–water partition coefficient (Wildman–Crippen LogP) is 4.52. The van der Waals surface area contributed by atoms with Crippen LogP contribution in [-0.2, 0) is 6.54 Å². The highest BCUT2D eigenvalue weighted by Crippen LogP contribution is 2.22. The van der Waals surface area contributed by atoms with E-state index in [2.05, 4.69) is 10.9 Å². The van der Waals surface area contributed by atoms with Crippen LogP contribution >= 0.6 is 34.5 Å². The fourth-order valence-electron chi connectivity index (χ4n) is 2.19. The zero-order valence-corrected chi connectivity index (χ0v) is 14.4. The molecule has 2 aromatic carbocycles. The predicted molar refractivity (Wildman–Crippen MR) is 95.0 cm³/mol. The molecule has 1 aromatic heterocycles. The molecular formula is C17H9Cl2FN2OS. The van der Waals surface area contributed by atoms with Crippen molar-refractivity contribution in [3.8, 4) is 12.3 Å². The highest BCUT2D eigenvalue weighted by molar-refractivity contribution is 7.16. The van der Waals surface area contributed by atoms with E-state index in [0.29, 0.717) is 20.0 Å². The van der Waals surface area contributed by atoms with Crippen molar-refractivity contribution in [1.29, 1.82) is 0 Å². The smallest absolute Gasteiger partial charge is 0.281 e. The molecule has 0 N–H and O–H groups in total. The van der Waals surface area contributed by atoms with Gasteiger partial charge in [-0.2, -0.15) is 4.99 Å². The largest absolute Gasteiger partial charge is 0.305 e. The lowest BCUT2D eigenvalue weighted by molar-refractivity contribution is 0.0998. The molecule has 0 radical (unpaired) electrons. The second kappa shape index (κ2) is 6.78. The number of benzene rings is 2. The van der Waals surface area contributed by atoms with Crippen LogP contribution in [0.25, 0.3) is 10.2 Å². The van der Waals surface area contributed by atoms with Crippen molar-refractivity contribution in [2.45, 2.75) is 6.54 Å². The monoisotopic (exact) mass is 378 g/mol. The summed E-state index contributed by atoms with van der Waals surface area (Å²) in [6, 6.07) is 8.87. The zero-order chi connectivity index (χ0) is 17.3. The molecule has 0 saturated heterocycles. The van der Waals surface area contributed by atoms with Crippen LogP contribution in [0.2, 0.25) is 10.0 Å². The Morgan fingerprint density at radius 3 is 2.79 bits per heavy atom. The third kappa shape index (κ3) is 3.22. The van der Waals surface area contributed by atoms with Crippen LogP contribution in [0.3, 0.4) is 0 Å². The maximum Gasteiger partial charge on any atom is 0.281 e. The van der Waals surface area contributed by atoms with E-state index < -0.39 is 5.91 Å². The summed E-state index contributed by atoms with van der Waals surface area (Å²) in [5.74, 6) is 1.63. The average Bonchev–Trinajstić information content (AvgIpc) is 2.84. The van der Waals surface area contributed by atoms with E-state index in [-0.39, 0.29) is 22.9 Å². The number of aromatic nitrogens is 1. The van der Waals surface area contributed by atoms with Gasteiger partial charge in [0.2, 0.25) is 0 Å². The maximum atomic E-state index is 13.4. The van der Waals surface area contributed by atoms with Crippen molar-refractivity contribution in [2.75, 3.05) is 0 Å². The Morgan fingerprint density at radius 1 is 1.29 bits per heavy atom. The molecule has 3 rings (SSSR count). The molecule has 3 aromatic rings. The molecule has 1 heterocycles. The first-order chi connectivity index (χ1) is 11.5. The van der Waals surface area contributed by atoms with Gasteiger partial charge in [-0.1, -0.05) is 40.5 Å².